The largest absolute Gasteiger partial charge is 0.478 e. The molecule has 0 aromatic heterocycles. The number of aliphatic hydroxyl groups excluding tert-OH is 1. The first-order valence-electron chi connectivity index (χ1n) is 44.8. The van der Waals surface area contributed by atoms with E-state index >= 15 is 0 Å². The summed E-state index contributed by atoms with van der Waals surface area (Å²) in [5.74, 6) is -1.57. The monoisotopic (exact) mass is 1750 g/mol. The molecular formula is C99H134O27. The summed E-state index contributed by atoms with van der Waals surface area (Å²) in [6, 6.07) is 3.74. The number of carboxylic acid groups (broad SMARTS) is 3. The summed E-state index contributed by atoms with van der Waals surface area (Å²) in [6.07, 6.45) is 22.7. The molecule has 0 unspecified atom stereocenters. The molecule has 20 atom stereocenters. The second kappa shape index (κ2) is 43.4. The van der Waals surface area contributed by atoms with Crippen molar-refractivity contribution in [2.75, 3.05) is 13.2 Å². The molecule has 0 radical (unpaired) electrons. The van der Waals surface area contributed by atoms with Crippen molar-refractivity contribution >= 4 is 66.0 Å². The van der Waals surface area contributed by atoms with Crippen LogP contribution in [0.15, 0.2) is 133 Å². The molecule has 5 aliphatic heterocycles. The van der Waals surface area contributed by atoms with Crippen molar-refractivity contribution < 1.29 is 130 Å². The molecule has 2 saturated heterocycles. The van der Waals surface area contributed by atoms with Gasteiger partial charge in [0.2, 0.25) is 6.29 Å². The molecule has 0 amide bonds. The first kappa shape index (κ1) is 100. The molecule has 14 rings (SSSR count). The Morgan fingerprint density at radius 1 is 0.508 bits per heavy atom. The maximum atomic E-state index is 12.2. The fraction of sp³-hybridized carbons (Fsp3) is 0.626. The predicted octanol–water partition coefficient (Wildman–Crippen LogP) is 17.7. The molecular weight excluding hydrogens is 1620 g/mol. The number of epoxide rings is 2. The Balaban J connectivity index is 0.000000175. The van der Waals surface area contributed by atoms with Crippen molar-refractivity contribution in [3.05, 3.63) is 140 Å². The summed E-state index contributed by atoms with van der Waals surface area (Å²) in [5.41, 5.74) is 12.1. The lowest BCUT2D eigenvalue weighted by Gasteiger charge is -2.36. The minimum absolute atomic E-state index is 0.0752. The second-order valence-corrected chi connectivity index (χ2v) is 38.2. The van der Waals surface area contributed by atoms with Gasteiger partial charge in [-0.1, -0.05) is 140 Å². The van der Waals surface area contributed by atoms with Crippen LogP contribution in [0.3, 0.4) is 0 Å². The number of carbonyl (C=O) groups is 11. The van der Waals surface area contributed by atoms with Crippen molar-refractivity contribution in [2.45, 2.75) is 290 Å². The van der Waals surface area contributed by atoms with Crippen LogP contribution in [0.25, 0.3) is 11.1 Å². The highest BCUT2D eigenvalue weighted by molar-refractivity contribution is 5.90. The Hall–Kier alpha value is -9.73. The molecule has 27 nitrogen and oxygen atoms in total. The molecule has 126 heavy (non-hydrogen) atoms. The average Bonchev–Trinajstić information content (AvgIpc) is 1.54. The third-order valence-corrected chi connectivity index (χ3v) is 26.2. The number of esters is 7. The third kappa shape index (κ3) is 24.8. The van der Waals surface area contributed by atoms with E-state index in [-0.39, 0.29) is 121 Å². The standard InChI is InChI=1S/C21H30O8.C21H28O8.C17H24O4.C15H22O3.C15H22O2.C10H8O2/c1-11(2)6-17(23)28-15-9-25-20(29-18(24)7-12(3)4)19-14(15)8-16(27-13(5)22)21(19)10-26-21;1-11(2)6-17(23)28-16-8-14-15(27-13(5)22)9-25-20(19(14)21(16)10-26-21)29-18(24)7-12(3)4;1-9-5-6-13(7-11(3)17(19)20)15-10(2)8-14(16(9)15)21-12(4)18;1-8-4-5-11(6-10(3)15(17)18)13-9(2)7-12(16)14(8)13;1-9-4-6-12(8-11(3)15(16)17)14-10(2)5-7-13(9)14;1-7-5-12-6-10-8(4-11)2-3-9(7)10/h9,11-12,14,16,19-20H,6-8,10H2,1-5H3;8-9,11-12,16,19-20H,6-7,10H2,1-5H3;7,9,13-14,16H,5-6,8H2,1-4H3,(H,19,20);6,8,11-12,14,16H,4-5,7H2,1-3H3,(H,17,18);8-9,12-13H,4-7H2,1-3H3,(H,16,17);2-6H,1H3/b;;11-7+;10-6+;11-8+;/t14-,16+,19-,20+,21-;16-,19+,20-,21+;9-,13+,14-,16+;8-,11+,12-,14+;9-,12+,13-;/m10111./s1. The number of hydrogen-bond acceptors (Lipinski definition) is 24. The SMILES string of the molecule is CC(=O)OC1=CO[C@@H](OC(=O)CC(C)C)[C@H]2C1=C[C@H](OC(=O)CC(C)C)[C@]21CO1.CC(=O)O[C@@H]1CC(C)=C2[C@H]1[C@H](C)CC[C@H]2/C=C(\C)C(=O)O.CC(=O)O[C@H]1C[C@@H]2C(OC(=O)CC(C)C)=CO[C@@H](OC(=O)CC(C)C)[C@@H]2[C@@]12CO2.CC1=C2[C@@H]([C@H](C)CC[C@H]2/C=C(\C)C(=O)O)[C@H](O)C1.CC1=C2[C@H](/C=C(\C)C(=O)O)CC[C@@H](C)[C@H]2CC1.Cc1cocc2c(C=O)ccc1-2. The predicted molar refractivity (Wildman–Crippen MR) is 464 cm³/mol. The molecule has 0 bridgehead atoms. The maximum absolute atomic E-state index is 12.2. The van der Waals surface area contributed by atoms with Gasteiger partial charge in [-0.3, -0.25) is 38.4 Å². The van der Waals surface area contributed by atoms with Gasteiger partial charge in [-0.05, 0) is 195 Å². The van der Waals surface area contributed by atoms with Crippen LogP contribution in [-0.4, -0.2) is 148 Å². The Bertz CT molecular complexity index is 4610. The number of aldehydes is 1. The number of aryl methyl sites for hydroxylation is 1. The number of fused-ring (bicyclic) bond motifs is 8. The van der Waals surface area contributed by atoms with E-state index in [2.05, 4.69) is 41.5 Å². The van der Waals surface area contributed by atoms with E-state index < -0.39 is 83.6 Å². The summed E-state index contributed by atoms with van der Waals surface area (Å²) < 4.78 is 66.4. The van der Waals surface area contributed by atoms with Crippen LogP contribution < -0.4 is 0 Å². The molecule has 5 heterocycles. The zero-order valence-corrected chi connectivity index (χ0v) is 77.3. The number of carbonyl (C=O) groups excluding carboxylic acids is 8. The van der Waals surface area contributed by atoms with Gasteiger partial charge in [0.25, 0.3) is 6.29 Å². The average molecular weight is 1760 g/mol. The summed E-state index contributed by atoms with van der Waals surface area (Å²) in [4.78, 5) is 127. The quantitative estimate of drug-likeness (QED) is 0.0212. The number of rotatable bonds is 22. The lowest BCUT2D eigenvalue weighted by molar-refractivity contribution is -0.196. The number of aliphatic carboxylic acids is 3. The van der Waals surface area contributed by atoms with E-state index in [1.807, 2.05) is 86.6 Å². The van der Waals surface area contributed by atoms with Crippen molar-refractivity contribution in [3.8, 4) is 11.1 Å². The minimum atomic E-state index is -0.955. The zero-order valence-electron chi connectivity index (χ0n) is 77.3. The summed E-state index contributed by atoms with van der Waals surface area (Å²) in [6.45, 7) is 40.2. The number of hydrogen-bond donors (Lipinski definition) is 4. The van der Waals surface area contributed by atoms with Crippen LogP contribution in [0, 0.1) is 102 Å². The highest BCUT2D eigenvalue weighted by Crippen LogP contribution is 2.60. The maximum Gasteiger partial charge on any atom is 0.330 e. The lowest BCUT2D eigenvalue weighted by atomic mass is 9.70. The van der Waals surface area contributed by atoms with Gasteiger partial charge in [-0.25, -0.2) is 14.4 Å². The van der Waals surface area contributed by atoms with Crippen LogP contribution in [0.5, 0.6) is 0 Å². The van der Waals surface area contributed by atoms with E-state index in [1.165, 1.54) is 80.4 Å². The highest BCUT2D eigenvalue weighted by atomic mass is 16.7. The first-order chi connectivity index (χ1) is 59.3. The van der Waals surface area contributed by atoms with Gasteiger partial charge in [0.1, 0.15) is 41.7 Å². The highest BCUT2D eigenvalue weighted by Gasteiger charge is 2.72. The van der Waals surface area contributed by atoms with Gasteiger partial charge in [0.05, 0.1) is 43.7 Å². The molecule has 2 spiro atoms. The first-order valence-corrected chi connectivity index (χ1v) is 44.8. The van der Waals surface area contributed by atoms with Crippen LogP contribution >= 0.6 is 0 Å². The van der Waals surface area contributed by atoms with Gasteiger partial charge < -0.3 is 76.9 Å². The molecule has 4 N–H and O–H groups in total. The molecule has 692 valence electrons. The van der Waals surface area contributed by atoms with Crippen molar-refractivity contribution in [3.63, 3.8) is 0 Å². The van der Waals surface area contributed by atoms with Gasteiger partial charge in [0, 0.05) is 104 Å². The van der Waals surface area contributed by atoms with Gasteiger partial charge in [-0.2, -0.15) is 0 Å². The fourth-order valence-corrected chi connectivity index (χ4v) is 20.3. The topological polar surface area (TPSA) is 390 Å². The van der Waals surface area contributed by atoms with E-state index in [0.717, 1.165) is 73.8 Å². The van der Waals surface area contributed by atoms with Crippen LogP contribution in [0.4, 0.5) is 0 Å². The Kier molecular flexibility index (Phi) is 34.4. The number of aliphatic hydroxyl groups is 1. The zero-order chi connectivity index (χ0) is 93.0. The van der Waals surface area contributed by atoms with E-state index in [4.69, 9.17) is 71.8 Å². The van der Waals surface area contributed by atoms with E-state index in [0.29, 0.717) is 76.9 Å². The van der Waals surface area contributed by atoms with Gasteiger partial charge in [-0.15, -0.1) is 0 Å². The van der Waals surface area contributed by atoms with Crippen molar-refractivity contribution in [1.82, 2.24) is 0 Å². The Morgan fingerprint density at radius 3 is 1.50 bits per heavy atom. The molecule has 9 aliphatic carbocycles. The number of carboxylic acids is 3. The third-order valence-electron chi connectivity index (χ3n) is 26.2. The summed E-state index contributed by atoms with van der Waals surface area (Å²) in [5, 5.41) is 37.2. The molecule has 4 saturated carbocycles. The smallest absolute Gasteiger partial charge is 0.330 e. The molecule has 0 aromatic rings. The van der Waals surface area contributed by atoms with Crippen molar-refractivity contribution in [2.24, 2.45) is 94.7 Å². The lowest BCUT2D eigenvalue weighted by Crippen LogP contribution is -2.45. The normalized spacial score (nSPS) is 30.6. The summed E-state index contributed by atoms with van der Waals surface area (Å²) in [7, 11) is 0. The Labute approximate surface area is 740 Å². The number of ether oxygens (including phenoxy) is 11. The molecule has 27 heteroatoms. The van der Waals surface area contributed by atoms with Crippen molar-refractivity contribution in [1.29, 1.82) is 0 Å². The Morgan fingerprint density at radius 2 is 0.992 bits per heavy atom. The van der Waals surface area contributed by atoms with Crippen LogP contribution in [0.2, 0.25) is 0 Å². The van der Waals surface area contributed by atoms with Crippen LogP contribution in [0.1, 0.15) is 251 Å². The second-order valence-electron chi connectivity index (χ2n) is 38.2. The van der Waals surface area contributed by atoms with E-state index in [9.17, 15) is 57.8 Å². The van der Waals surface area contributed by atoms with Gasteiger partial charge >= 0.3 is 59.7 Å². The molecule has 6 fully saturated rings. The fourth-order valence-electron chi connectivity index (χ4n) is 20.3. The van der Waals surface area contributed by atoms with E-state index in [1.54, 1.807) is 51.0 Å². The number of allylic oxidation sites excluding steroid dienone is 7. The minimum Gasteiger partial charge on any atom is -0.478 e. The molecule has 14 aliphatic rings. The summed E-state index contributed by atoms with van der Waals surface area (Å²) >= 11 is 0. The van der Waals surface area contributed by atoms with Crippen LogP contribution in [-0.2, 0) is 100 Å². The van der Waals surface area contributed by atoms with Gasteiger partial charge in [0.15, 0.2) is 18.1 Å². The molecule has 0 aromatic carbocycles.